The molecule has 40 heavy (non-hydrogen) atoms. The minimum Gasteiger partial charge on any atom is -0.503 e. The molecule has 4 heterocycles. The average molecular weight is 627 g/mol. The molecule has 0 saturated carbocycles. The zero-order valence-electron chi connectivity index (χ0n) is 19.7. The van der Waals surface area contributed by atoms with Gasteiger partial charge in [0.05, 0.1) is 10.0 Å². The molecule has 1 aromatic carbocycles. The Kier molecular flexibility index (Phi) is 7.50. The van der Waals surface area contributed by atoms with Crippen molar-refractivity contribution in [3.63, 3.8) is 0 Å². The summed E-state index contributed by atoms with van der Waals surface area (Å²) in [7, 11) is 0. The molecule has 208 valence electrons. The minimum absolute atomic E-state index is 0.0882. The van der Waals surface area contributed by atoms with Crippen LogP contribution in [0.1, 0.15) is 11.5 Å². The summed E-state index contributed by atoms with van der Waals surface area (Å²) >= 11 is 14.3. The number of carbonyl (C=O) groups excluding carboxylic acids is 2. The van der Waals surface area contributed by atoms with Crippen LogP contribution in [0.15, 0.2) is 39.0 Å². The van der Waals surface area contributed by atoms with Crippen LogP contribution < -0.4 is 11.1 Å². The van der Waals surface area contributed by atoms with E-state index in [4.69, 9.17) is 38.3 Å². The van der Waals surface area contributed by atoms with E-state index in [2.05, 4.69) is 20.6 Å². The number of oxime groups is 1. The van der Waals surface area contributed by atoms with Crippen LogP contribution in [0.3, 0.4) is 0 Å². The number of thiazole rings is 1. The van der Waals surface area contributed by atoms with Crippen LogP contribution in [0.2, 0.25) is 10.0 Å². The van der Waals surface area contributed by atoms with Crippen molar-refractivity contribution in [3.05, 3.63) is 50.8 Å². The number of amides is 2. The Morgan fingerprint density at radius 2 is 2.08 bits per heavy atom. The summed E-state index contributed by atoms with van der Waals surface area (Å²) in [4.78, 5) is 47.7. The predicted molar refractivity (Wildman–Crippen MR) is 144 cm³/mol. The first-order valence-electron chi connectivity index (χ1n) is 11.0. The maximum absolute atomic E-state index is 13.1. The number of nitrogens with one attached hydrogen (secondary N) is 1. The Balaban J connectivity index is 1.31. The molecule has 2 atom stereocenters. The van der Waals surface area contributed by atoms with Crippen LogP contribution in [-0.2, 0) is 25.8 Å². The number of rotatable bonds is 8. The number of aliphatic carboxylic acids is 1. The average Bonchev–Trinajstić information content (AvgIpc) is 3.58. The smallest absolute Gasteiger partial charge is 0.352 e. The number of thioether (sulfide) groups is 1. The number of carboxylic acids is 1. The predicted octanol–water partition coefficient (Wildman–Crippen LogP) is 2.39. The van der Waals surface area contributed by atoms with Gasteiger partial charge >= 0.3 is 5.97 Å². The highest BCUT2D eigenvalue weighted by Crippen LogP contribution is 2.45. The van der Waals surface area contributed by atoms with Gasteiger partial charge in [0.2, 0.25) is 0 Å². The van der Waals surface area contributed by atoms with Gasteiger partial charge in [0.1, 0.15) is 28.5 Å². The number of aromatic hydroxyl groups is 2. The van der Waals surface area contributed by atoms with Gasteiger partial charge in [-0.25, -0.2) is 9.78 Å². The van der Waals surface area contributed by atoms with Gasteiger partial charge in [-0.05, 0) is 12.1 Å². The van der Waals surface area contributed by atoms with E-state index in [0.29, 0.717) is 5.75 Å². The molecule has 14 nitrogen and oxygen atoms in total. The lowest BCUT2D eigenvalue weighted by molar-refractivity contribution is -0.150. The lowest BCUT2D eigenvalue weighted by Crippen LogP contribution is -2.70. The first-order valence-corrected chi connectivity index (χ1v) is 13.7. The molecule has 0 aliphatic carbocycles. The normalized spacial score (nSPS) is 18.6. The Morgan fingerprint density at radius 3 is 2.77 bits per heavy atom. The number of nitrogen functional groups attached to an aromatic ring is 1. The highest BCUT2D eigenvalue weighted by Gasteiger charge is 2.53. The van der Waals surface area contributed by atoms with Crippen molar-refractivity contribution in [3.8, 4) is 22.8 Å². The lowest BCUT2D eigenvalue weighted by Gasteiger charge is -2.48. The summed E-state index contributed by atoms with van der Waals surface area (Å²) in [6.07, 6.45) is 1.43. The number of phenols is 2. The highest BCUT2D eigenvalue weighted by molar-refractivity contribution is 8.00. The van der Waals surface area contributed by atoms with Gasteiger partial charge in [-0.1, -0.05) is 33.5 Å². The Morgan fingerprint density at radius 1 is 1.30 bits per heavy atom. The molecule has 5 rings (SSSR count). The number of fused-ring (bicyclic) bond motifs is 1. The fourth-order valence-electron chi connectivity index (χ4n) is 3.81. The fraction of sp³-hybridized carbons (Fsp3) is 0.182. The molecule has 0 radical (unpaired) electrons. The van der Waals surface area contributed by atoms with Gasteiger partial charge in [0, 0.05) is 22.8 Å². The van der Waals surface area contributed by atoms with Crippen molar-refractivity contribution in [2.45, 2.75) is 18.0 Å². The molecule has 6 N–H and O–H groups in total. The number of carboxylic acid groups (broad SMARTS) is 1. The van der Waals surface area contributed by atoms with Gasteiger partial charge in [-0.2, -0.15) is 0 Å². The number of nitrogens with zero attached hydrogens (tertiary/aromatic N) is 4. The van der Waals surface area contributed by atoms with E-state index in [1.165, 1.54) is 35.4 Å². The van der Waals surface area contributed by atoms with Crippen molar-refractivity contribution >= 4 is 74.9 Å². The first-order chi connectivity index (χ1) is 19.1. The van der Waals surface area contributed by atoms with E-state index >= 15 is 0 Å². The van der Waals surface area contributed by atoms with Gasteiger partial charge in [0.25, 0.3) is 11.8 Å². The number of aromatic nitrogens is 2. The second-order valence-corrected chi connectivity index (χ2v) is 11.0. The number of halogens is 2. The molecule has 1 fully saturated rings. The van der Waals surface area contributed by atoms with Crippen molar-refractivity contribution in [2.24, 2.45) is 5.16 Å². The highest BCUT2D eigenvalue weighted by atomic mass is 35.5. The van der Waals surface area contributed by atoms with Crippen LogP contribution in [0.5, 0.6) is 11.5 Å². The second kappa shape index (κ2) is 10.9. The zero-order chi connectivity index (χ0) is 28.7. The Hall–Kier alpha value is -3.99. The second-order valence-electron chi connectivity index (χ2n) is 8.16. The Bertz CT molecular complexity index is 1610. The number of phenolic OH excluding ortho intramolecular Hbond substituents is 2. The molecular formula is C22H16Cl2N6O8S2. The molecule has 3 aromatic rings. The first kappa shape index (κ1) is 27.6. The third-order valence-electron chi connectivity index (χ3n) is 5.70. The van der Waals surface area contributed by atoms with Gasteiger partial charge in [-0.15, -0.1) is 23.1 Å². The number of hydrogen-bond donors (Lipinski definition) is 5. The van der Waals surface area contributed by atoms with Gasteiger partial charge < -0.3 is 35.7 Å². The SMILES string of the molecule is Nc1nc(/C(=N/OCc2cc(-c3cc(Cl)c(O)c(O)c3Cl)no2)C(=O)N[C@@H]2C(=O)N3C(C(=O)O)=CCS[C@H]23)cs1. The molecule has 1 saturated heterocycles. The van der Waals surface area contributed by atoms with E-state index < -0.39 is 40.7 Å². The number of benzene rings is 1. The molecular weight excluding hydrogens is 611 g/mol. The molecule has 2 aromatic heterocycles. The maximum atomic E-state index is 13.1. The number of nitrogens with two attached hydrogens (primary N) is 1. The van der Waals surface area contributed by atoms with Crippen molar-refractivity contribution in [1.82, 2.24) is 20.4 Å². The fourth-order valence-corrected chi connectivity index (χ4v) is 5.99. The summed E-state index contributed by atoms with van der Waals surface area (Å²) in [5.74, 6) is -3.31. The Labute approximate surface area is 242 Å². The monoisotopic (exact) mass is 626 g/mol. The number of β-lactam (4-membered cyclic amide) rings is 1. The van der Waals surface area contributed by atoms with Crippen LogP contribution in [0.25, 0.3) is 11.3 Å². The summed E-state index contributed by atoms with van der Waals surface area (Å²) < 4.78 is 5.20. The molecule has 2 aliphatic heterocycles. The van der Waals surface area contributed by atoms with E-state index in [9.17, 15) is 29.7 Å². The van der Waals surface area contributed by atoms with Crippen molar-refractivity contribution in [2.75, 3.05) is 11.5 Å². The van der Waals surface area contributed by atoms with Gasteiger partial charge in [0.15, 0.2) is 34.7 Å². The molecule has 2 aliphatic rings. The van der Waals surface area contributed by atoms with Crippen LogP contribution in [0.4, 0.5) is 5.13 Å². The summed E-state index contributed by atoms with van der Waals surface area (Å²) in [5, 5.41) is 39.9. The molecule has 0 spiro atoms. The van der Waals surface area contributed by atoms with Crippen molar-refractivity contribution in [1.29, 1.82) is 0 Å². The van der Waals surface area contributed by atoms with Crippen molar-refractivity contribution < 1.29 is 39.1 Å². The minimum atomic E-state index is -1.24. The summed E-state index contributed by atoms with van der Waals surface area (Å²) in [5.41, 5.74) is 5.72. The quantitative estimate of drug-likeness (QED) is 0.105. The van der Waals surface area contributed by atoms with Gasteiger partial charge in [-0.3, -0.25) is 14.5 Å². The third-order valence-corrected chi connectivity index (χ3v) is 8.22. The van der Waals surface area contributed by atoms with Crippen LogP contribution >= 0.6 is 46.3 Å². The zero-order valence-corrected chi connectivity index (χ0v) is 22.8. The molecule has 0 bridgehead atoms. The lowest BCUT2D eigenvalue weighted by atomic mass is 10.0. The molecule has 18 heteroatoms. The maximum Gasteiger partial charge on any atom is 0.352 e. The largest absolute Gasteiger partial charge is 0.503 e. The summed E-state index contributed by atoms with van der Waals surface area (Å²) in [6.45, 7) is -0.305. The van der Waals surface area contributed by atoms with E-state index in [0.717, 1.165) is 16.2 Å². The van der Waals surface area contributed by atoms with E-state index in [1.54, 1.807) is 0 Å². The van der Waals surface area contributed by atoms with E-state index in [-0.39, 0.29) is 55.9 Å². The number of anilines is 1. The van der Waals surface area contributed by atoms with Crippen LogP contribution in [0, 0.1) is 0 Å². The molecule has 2 amide bonds. The standard InChI is InChI=1S/C22H16Cl2N6O8S2/c23-9-4-8(13(24)17(32)16(9)31)10-3-7(38-28-10)5-37-29-14(11-6-40-22(25)26-11)18(33)27-15-19(34)30-12(21(35)36)1-2-39-20(15)30/h1,3-4,6,15,20,31-32H,2,5H2,(H2,25,26)(H,27,33)(H,35,36)/b29-14-/t15-,20-/m1/s1. The molecule has 0 unspecified atom stereocenters. The number of hydrogen-bond acceptors (Lipinski definition) is 13. The van der Waals surface area contributed by atoms with Crippen LogP contribution in [-0.4, -0.2) is 71.0 Å². The van der Waals surface area contributed by atoms with E-state index in [1.807, 2.05) is 0 Å². The summed E-state index contributed by atoms with van der Waals surface area (Å²) in [6, 6.07) is 1.72. The topological polar surface area (TPSA) is 214 Å². The third kappa shape index (κ3) is 5.01. The number of carbonyl (C=O) groups is 3.